The number of amides is 1. The van der Waals surface area contributed by atoms with Crippen LogP contribution in [0.15, 0.2) is 53.7 Å². The third-order valence-corrected chi connectivity index (χ3v) is 8.16. The van der Waals surface area contributed by atoms with Crippen molar-refractivity contribution in [3.05, 3.63) is 54.4 Å². The van der Waals surface area contributed by atoms with Crippen molar-refractivity contribution in [2.45, 2.75) is 30.0 Å². The number of nitrogens with zero attached hydrogens (tertiary/aromatic N) is 3. The molecule has 0 bridgehead atoms. The molecule has 1 aliphatic carbocycles. The summed E-state index contributed by atoms with van der Waals surface area (Å²) in [6, 6.07) is 8.29. The lowest BCUT2D eigenvalue weighted by atomic mass is 9.97. The number of fused-ring (bicyclic) bond motifs is 1. The van der Waals surface area contributed by atoms with Gasteiger partial charge in [0.15, 0.2) is 5.65 Å². The molecule has 1 aliphatic heterocycles. The topological polar surface area (TPSA) is 105 Å². The van der Waals surface area contributed by atoms with E-state index in [2.05, 4.69) is 10.3 Å². The van der Waals surface area contributed by atoms with E-state index >= 15 is 0 Å². The number of alkyl halides is 3. The average molecular weight is 494 g/mol. The second-order valence-electron chi connectivity index (χ2n) is 8.65. The molecule has 3 heterocycles. The number of benzene rings is 1. The fourth-order valence-corrected chi connectivity index (χ4v) is 5.98. The third-order valence-electron chi connectivity index (χ3n) is 6.48. The Kier molecular flexibility index (Phi) is 5.23. The third kappa shape index (κ3) is 3.85. The summed E-state index contributed by atoms with van der Waals surface area (Å²) in [5, 5.41) is 12.4. The lowest BCUT2D eigenvalue weighted by molar-refractivity contribution is -0.137. The second-order valence-corrected chi connectivity index (χ2v) is 10.5. The van der Waals surface area contributed by atoms with Crippen LogP contribution in [0.1, 0.15) is 18.4 Å². The first kappa shape index (κ1) is 22.5. The van der Waals surface area contributed by atoms with Gasteiger partial charge in [0.2, 0.25) is 0 Å². The first-order chi connectivity index (χ1) is 16.1. The van der Waals surface area contributed by atoms with Gasteiger partial charge in [0.25, 0.3) is 10.0 Å². The van der Waals surface area contributed by atoms with E-state index < -0.39 is 33.9 Å². The highest BCUT2D eigenvalue weighted by atomic mass is 32.2. The highest BCUT2D eigenvalue weighted by molar-refractivity contribution is 7.90. The minimum Gasteiger partial charge on any atom is -0.465 e. The number of pyridine rings is 1. The maximum absolute atomic E-state index is 13.9. The first-order valence-corrected chi connectivity index (χ1v) is 12.1. The molecular formula is C22H21F3N4O4S. The predicted octanol–water partition coefficient (Wildman–Crippen LogP) is 4.09. The largest absolute Gasteiger partial charge is 0.465 e. The van der Waals surface area contributed by atoms with Gasteiger partial charge in [-0.05, 0) is 37.0 Å². The zero-order valence-corrected chi connectivity index (χ0v) is 18.6. The molecule has 1 saturated heterocycles. The van der Waals surface area contributed by atoms with Gasteiger partial charge >= 0.3 is 12.3 Å². The Balaban J connectivity index is 1.61. The zero-order valence-electron chi connectivity index (χ0n) is 17.7. The molecule has 2 atom stereocenters. The molecule has 2 N–H and O–H groups in total. The fraction of sp³-hybridized carbons (Fsp3) is 0.364. The van der Waals surface area contributed by atoms with Crippen molar-refractivity contribution in [1.82, 2.24) is 13.9 Å². The standard InChI is InChI=1S/C22H21F3N4O4S/c23-22(24,25)17-10-26-20-15(8-9-29(20)34(32,33)14-4-2-1-3-5-14)19(17)27-18-12-28(21(30)31)11-16(18)13-6-7-13/h1-5,8-10,13,16,18H,6-7,11-12H2,(H,26,27)(H,30,31). The Labute approximate surface area is 193 Å². The number of hydrogen-bond acceptors (Lipinski definition) is 5. The predicted molar refractivity (Wildman–Crippen MR) is 117 cm³/mol. The molecule has 3 aromatic rings. The van der Waals surface area contributed by atoms with Crippen molar-refractivity contribution in [2.75, 3.05) is 18.4 Å². The maximum Gasteiger partial charge on any atom is 0.419 e. The van der Waals surface area contributed by atoms with Crippen LogP contribution in [-0.2, 0) is 16.2 Å². The van der Waals surface area contributed by atoms with Crippen LogP contribution < -0.4 is 5.32 Å². The molecule has 5 rings (SSSR count). The Hall–Kier alpha value is -3.28. The number of carbonyl (C=O) groups is 1. The van der Waals surface area contributed by atoms with Crippen molar-refractivity contribution in [2.24, 2.45) is 11.8 Å². The van der Waals surface area contributed by atoms with Crippen molar-refractivity contribution >= 4 is 32.8 Å². The summed E-state index contributed by atoms with van der Waals surface area (Å²) >= 11 is 0. The molecule has 1 amide bonds. The molecule has 2 unspecified atom stereocenters. The average Bonchev–Trinajstić information content (AvgIpc) is 3.37. The van der Waals surface area contributed by atoms with Crippen molar-refractivity contribution < 1.29 is 31.5 Å². The quantitative estimate of drug-likeness (QED) is 0.554. The molecule has 8 nitrogen and oxygen atoms in total. The van der Waals surface area contributed by atoms with Crippen molar-refractivity contribution in [3.63, 3.8) is 0 Å². The number of hydrogen-bond donors (Lipinski definition) is 2. The molecule has 12 heteroatoms. The Morgan fingerprint density at radius 1 is 1.12 bits per heavy atom. The number of rotatable bonds is 5. The SMILES string of the molecule is O=C(O)N1CC(Nc2c(C(F)(F)F)cnc3c2ccn3S(=O)(=O)c2ccccc2)C(C2CC2)C1. The van der Waals surface area contributed by atoms with E-state index in [1.165, 1.54) is 29.3 Å². The highest BCUT2D eigenvalue weighted by Gasteiger charge is 2.45. The van der Waals surface area contributed by atoms with E-state index in [9.17, 15) is 31.5 Å². The van der Waals surface area contributed by atoms with Crippen LogP contribution in [0.3, 0.4) is 0 Å². The molecular weight excluding hydrogens is 473 g/mol. The maximum atomic E-state index is 13.9. The van der Waals surface area contributed by atoms with Gasteiger partial charge in [-0.3, -0.25) is 0 Å². The molecule has 34 heavy (non-hydrogen) atoms. The highest BCUT2D eigenvalue weighted by Crippen LogP contribution is 2.44. The van der Waals surface area contributed by atoms with E-state index in [0.29, 0.717) is 6.20 Å². The molecule has 1 aromatic carbocycles. The van der Waals surface area contributed by atoms with Gasteiger partial charge in [-0.25, -0.2) is 22.2 Å². The number of aromatic nitrogens is 2. The molecule has 1 saturated carbocycles. The summed E-state index contributed by atoms with van der Waals surface area (Å²) in [5.74, 6) is 0.118. The summed E-state index contributed by atoms with van der Waals surface area (Å²) in [6.45, 7) is 0.289. The van der Waals surface area contributed by atoms with Crippen LogP contribution in [0.5, 0.6) is 0 Å². The lowest BCUT2D eigenvalue weighted by Crippen LogP contribution is -2.32. The van der Waals surface area contributed by atoms with Crippen LogP contribution in [0.2, 0.25) is 0 Å². The lowest BCUT2D eigenvalue weighted by Gasteiger charge is -2.23. The van der Waals surface area contributed by atoms with Gasteiger partial charge in [-0.15, -0.1) is 0 Å². The first-order valence-electron chi connectivity index (χ1n) is 10.7. The minimum atomic E-state index is -4.75. The monoisotopic (exact) mass is 494 g/mol. The number of nitrogens with one attached hydrogen (secondary N) is 1. The summed E-state index contributed by atoms with van der Waals surface area (Å²) in [7, 11) is -4.09. The van der Waals surface area contributed by atoms with Crippen molar-refractivity contribution in [1.29, 1.82) is 0 Å². The molecule has 0 radical (unpaired) electrons. The van der Waals surface area contributed by atoms with E-state index in [0.717, 1.165) is 16.8 Å². The van der Waals surface area contributed by atoms with E-state index in [1.54, 1.807) is 18.2 Å². The van der Waals surface area contributed by atoms with Crippen LogP contribution >= 0.6 is 0 Å². The number of anilines is 1. The van der Waals surface area contributed by atoms with Crippen LogP contribution in [0, 0.1) is 11.8 Å². The minimum absolute atomic E-state index is 0.00217. The summed E-state index contributed by atoms with van der Waals surface area (Å²) in [5.41, 5.74) is -1.46. The van der Waals surface area contributed by atoms with Crippen LogP contribution in [0.25, 0.3) is 11.0 Å². The Morgan fingerprint density at radius 3 is 2.44 bits per heavy atom. The fourth-order valence-electron chi connectivity index (χ4n) is 4.66. The summed E-state index contributed by atoms with van der Waals surface area (Å²) in [6.07, 6.45) is -2.25. The van der Waals surface area contributed by atoms with Crippen molar-refractivity contribution in [3.8, 4) is 0 Å². The second kappa shape index (κ2) is 7.90. The number of likely N-dealkylation sites (tertiary alicyclic amines) is 1. The number of carboxylic acid groups (broad SMARTS) is 1. The summed E-state index contributed by atoms with van der Waals surface area (Å²) < 4.78 is 68.9. The molecule has 2 aromatic heterocycles. The molecule has 2 fully saturated rings. The van der Waals surface area contributed by atoms with Gasteiger partial charge in [0.05, 0.1) is 16.1 Å². The van der Waals surface area contributed by atoms with Crippen LogP contribution in [-0.4, -0.2) is 52.6 Å². The Morgan fingerprint density at radius 2 is 1.82 bits per heavy atom. The van der Waals surface area contributed by atoms with E-state index in [1.807, 2.05) is 0 Å². The molecule has 0 spiro atoms. The Bertz CT molecular complexity index is 1350. The van der Waals surface area contributed by atoms with Gasteiger partial charge in [0.1, 0.15) is 0 Å². The number of halogens is 3. The van der Waals surface area contributed by atoms with Gasteiger partial charge < -0.3 is 15.3 Å². The normalized spacial score (nSPS) is 21.2. The van der Waals surface area contributed by atoms with E-state index in [4.69, 9.17) is 0 Å². The molecule has 180 valence electrons. The molecule has 2 aliphatic rings. The van der Waals surface area contributed by atoms with Gasteiger partial charge in [-0.2, -0.15) is 13.2 Å². The van der Waals surface area contributed by atoms with Gasteiger partial charge in [-0.1, -0.05) is 18.2 Å². The smallest absolute Gasteiger partial charge is 0.419 e. The zero-order chi connectivity index (χ0) is 24.3. The van der Waals surface area contributed by atoms with Crippen LogP contribution in [0.4, 0.5) is 23.7 Å². The van der Waals surface area contributed by atoms with E-state index in [-0.39, 0.29) is 46.5 Å². The van der Waals surface area contributed by atoms with Gasteiger partial charge in [0, 0.05) is 42.8 Å². The summed E-state index contributed by atoms with van der Waals surface area (Å²) in [4.78, 5) is 16.6.